The van der Waals surface area contributed by atoms with Crippen molar-refractivity contribution < 1.29 is 14.4 Å². The van der Waals surface area contributed by atoms with Gasteiger partial charge in [0, 0.05) is 57.1 Å². The minimum absolute atomic E-state index is 0.0323. The molecule has 0 radical (unpaired) electrons. The normalized spacial score (nSPS) is 19.2. The predicted molar refractivity (Wildman–Crippen MR) is 105 cm³/mol. The third kappa shape index (κ3) is 5.29. The number of hydrogen-bond donors (Lipinski definition) is 1. The van der Waals surface area contributed by atoms with Gasteiger partial charge in [0.25, 0.3) is 5.91 Å². The van der Waals surface area contributed by atoms with Crippen molar-refractivity contribution in [2.24, 2.45) is 0 Å². The summed E-state index contributed by atoms with van der Waals surface area (Å²) in [5.74, 6) is 0.226. The van der Waals surface area contributed by atoms with Crippen molar-refractivity contribution in [3.8, 4) is 0 Å². The number of piperazine rings is 1. The van der Waals surface area contributed by atoms with E-state index < -0.39 is 0 Å². The Kier molecular flexibility index (Phi) is 6.49. The molecule has 1 aromatic heterocycles. The summed E-state index contributed by atoms with van der Waals surface area (Å²) in [6.07, 6.45) is 1.63. The van der Waals surface area contributed by atoms with Gasteiger partial charge in [-0.15, -0.1) is 11.3 Å². The first-order valence-corrected chi connectivity index (χ1v) is 10.4. The van der Waals surface area contributed by atoms with Crippen LogP contribution in [-0.4, -0.2) is 84.3 Å². The Bertz CT molecular complexity index is 689. The molecule has 1 N–H and O–H groups in total. The largest absolute Gasteiger partial charge is 0.352 e. The van der Waals surface area contributed by atoms with E-state index in [0.717, 1.165) is 22.6 Å². The van der Waals surface area contributed by atoms with Gasteiger partial charge >= 0.3 is 0 Å². The predicted octanol–water partition coefficient (Wildman–Crippen LogP) is 0.941. The maximum absolute atomic E-state index is 12.5. The van der Waals surface area contributed by atoms with E-state index >= 15 is 0 Å². The zero-order chi connectivity index (χ0) is 19.4. The lowest BCUT2D eigenvalue weighted by molar-refractivity contribution is -0.130. The molecule has 0 saturated carbocycles. The molecule has 0 unspecified atom stereocenters. The van der Waals surface area contributed by atoms with Crippen molar-refractivity contribution >= 4 is 29.1 Å². The standard InChI is InChI=1S/C19H28N4O3S/c1-14-3-4-17(27-14)19(26)23-11-9-21(10-12-23)13-18(25)20-16-5-7-22(8-6-16)15(2)24/h3-4,16H,5-13H2,1-2H3,(H,20,25). The molecular weight excluding hydrogens is 364 g/mol. The zero-order valence-electron chi connectivity index (χ0n) is 16.1. The first-order chi connectivity index (χ1) is 12.9. The van der Waals surface area contributed by atoms with Crippen molar-refractivity contribution in [3.63, 3.8) is 0 Å². The summed E-state index contributed by atoms with van der Waals surface area (Å²) in [5.41, 5.74) is 0. The number of likely N-dealkylation sites (tertiary alicyclic amines) is 1. The van der Waals surface area contributed by atoms with Gasteiger partial charge in [-0.1, -0.05) is 0 Å². The average Bonchev–Trinajstić information content (AvgIpc) is 3.08. The van der Waals surface area contributed by atoms with Crippen molar-refractivity contribution in [2.75, 3.05) is 45.8 Å². The average molecular weight is 393 g/mol. The van der Waals surface area contributed by atoms with Gasteiger partial charge in [0.15, 0.2) is 0 Å². The second-order valence-corrected chi connectivity index (χ2v) is 8.61. The molecule has 2 saturated heterocycles. The molecule has 8 heteroatoms. The Morgan fingerprint density at radius 1 is 1.04 bits per heavy atom. The number of carbonyl (C=O) groups excluding carboxylic acids is 3. The van der Waals surface area contributed by atoms with Crippen molar-refractivity contribution in [2.45, 2.75) is 32.7 Å². The molecule has 1 aromatic rings. The zero-order valence-corrected chi connectivity index (χ0v) is 16.9. The summed E-state index contributed by atoms with van der Waals surface area (Å²) in [5, 5.41) is 3.09. The van der Waals surface area contributed by atoms with E-state index in [-0.39, 0.29) is 23.8 Å². The highest BCUT2D eigenvalue weighted by Gasteiger charge is 2.26. The molecule has 0 bridgehead atoms. The second-order valence-electron chi connectivity index (χ2n) is 7.33. The number of amides is 3. The van der Waals surface area contributed by atoms with Crippen LogP contribution in [0.5, 0.6) is 0 Å². The number of carbonyl (C=O) groups is 3. The first-order valence-electron chi connectivity index (χ1n) is 9.55. The van der Waals surface area contributed by atoms with Gasteiger partial charge in [-0.25, -0.2) is 0 Å². The Hall–Kier alpha value is -1.93. The SMILES string of the molecule is CC(=O)N1CCC(NC(=O)CN2CCN(C(=O)c3ccc(C)s3)CC2)CC1. The van der Waals surface area contributed by atoms with E-state index in [4.69, 9.17) is 0 Å². The monoisotopic (exact) mass is 392 g/mol. The number of aryl methyl sites for hydroxylation is 1. The minimum atomic E-state index is 0.0323. The Morgan fingerprint density at radius 3 is 2.26 bits per heavy atom. The number of piperidine rings is 1. The number of nitrogens with zero attached hydrogens (tertiary/aromatic N) is 3. The van der Waals surface area contributed by atoms with Gasteiger partial charge in [-0.2, -0.15) is 0 Å². The van der Waals surface area contributed by atoms with E-state index in [1.807, 2.05) is 28.9 Å². The Balaban J connectivity index is 1.38. The summed E-state index contributed by atoms with van der Waals surface area (Å²) in [6.45, 7) is 8.11. The number of rotatable bonds is 4. The third-order valence-corrected chi connectivity index (χ3v) is 6.27. The molecule has 2 fully saturated rings. The van der Waals surface area contributed by atoms with Crippen LogP contribution in [0.1, 0.15) is 34.3 Å². The highest BCUT2D eigenvalue weighted by molar-refractivity contribution is 7.13. The topological polar surface area (TPSA) is 73.0 Å². The Labute approximate surface area is 164 Å². The Morgan fingerprint density at radius 2 is 1.70 bits per heavy atom. The van der Waals surface area contributed by atoms with Gasteiger partial charge in [-0.05, 0) is 31.9 Å². The van der Waals surface area contributed by atoms with Gasteiger partial charge in [0.2, 0.25) is 11.8 Å². The fourth-order valence-corrected chi connectivity index (χ4v) is 4.46. The fraction of sp³-hybridized carbons (Fsp3) is 0.632. The van der Waals surface area contributed by atoms with E-state index in [0.29, 0.717) is 45.8 Å². The summed E-state index contributed by atoms with van der Waals surface area (Å²) in [7, 11) is 0. The maximum atomic E-state index is 12.5. The molecule has 3 amide bonds. The van der Waals surface area contributed by atoms with E-state index in [2.05, 4.69) is 10.2 Å². The van der Waals surface area contributed by atoms with Crippen LogP contribution >= 0.6 is 11.3 Å². The molecule has 0 spiro atoms. The summed E-state index contributed by atoms with van der Waals surface area (Å²) >= 11 is 1.53. The van der Waals surface area contributed by atoms with Crippen molar-refractivity contribution in [1.82, 2.24) is 20.0 Å². The first kappa shape index (κ1) is 19.8. The van der Waals surface area contributed by atoms with Crippen LogP contribution in [0.15, 0.2) is 12.1 Å². The lowest BCUT2D eigenvalue weighted by Crippen LogP contribution is -2.52. The van der Waals surface area contributed by atoms with Crippen molar-refractivity contribution in [3.05, 3.63) is 21.9 Å². The summed E-state index contributed by atoms with van der Waals surface area (Å²) in [4.78, 5) is 43.9. The van der Waals surface area contributed by atoms with Crippen molar-refractivity contribution in [1.29, 1.82) is 0 Å². The maximum Gasteiger partial charge on any atom is 0.264 e. The third-order valence-electron chi connectivity index (χ3n) is 5.28. The lowest BCUT2D eigenvalue weighted by Gasteiger charge is -2.35. The molecule has 2 aliphatic heterocycles. The number of nitrogens with one attached hydrogen (secondary N) is 1. The molecule has 0 atom stereocenters. The number of hydrogen-bond acceptors (Lipinski definition) is 5. The van der Waals surface area contributed by atoms with Gasteiger partial charge in [-0.3, -0.25) is 19.3 Å². The van der Waals surface area contributed by atoms with E-state index in [1.54, 1.807) is 6.92 Å². The van der Waals surface area contributed by atoms with Crippen LogP contribution < -0.4 is 5.32 Å². The number of thiophene rings is 1. The van der Waals surface area contributed by atoms with Gasteiger partial charge < -0.3 is 15.1 Å². The van der Waals surface area contributed by atoms with Crippen LogP contribution in [0.4, 0.5) is 0 Å². The molecular formula is C19H28N4O3S. The van der Waals surface area contributed by atoms with Crippen LogP contribution in [-0.2, 0) is 9.59 Å². The molecule has 7 nitrogen and oxygen atoms in total. The van der Waals surface area contributed by atoms with Crippen LogP contribution in [0.25, 0.3) is 0 Å². The van der Waals surface area contributed by atoms with Crippen LogP contribution in [0.2, 0.25) is 0 Å². The fourth-order valence-electron chi connectivity index (χ4n) is 3.63. The molecule has 0 aliphatic carbocycles. The van der Waals surface area contributed by atoms with Crippen LogP contribution in [0, 0.1) is 6.92 Å². The highest BCUT2D eigenvalue weighted by Crippen LogP contribution is 2.18. The summed E-state index contributed by atoms with van der Waals surface area (Å²) < 4.78 is 0. The minimum Gasteiger partial charge on any atom is -0.352 e. The van der Waals surface area contributed by atoms with E-state index in [1.165, 1.54) is 11.3 Å². The molecule has 3 heterocycles. The lowest BCUT2D eigenvalue weighted by atomic mass is 10.1. The highest BCUT2D eigenvalue weighted by atomic mass is 32.1. The molecule has 2 aliphatic rings. The molecule has 27 heavy (non-hydrogen) atoms. The molecule has 0 aromatic carbocycles. The van der Waals surface area contributed by atoms with E-state index in [9.17, 15) is 14.4 Å². The molecule has 148 valence electrons. The van der Waals surface area contributed by atoms with Crippen LogP contribution in [0.3, 0.4) is 0 Å². The summed E-state index contributed by atoms with van der Waals surface area (Å²) in [6, 6.07) is 4.01. The quantitative estimate of drug-likeness (QED) is 0.828. The van der Waals surface area contributed by atoms with Gasteiger partial charge in [0.1, 0.15) is 0 Å². The second kappa shape index (κ2) is 8.84. The molecule has 3 rings (SSSR count). The smallest absolute Gasteiger partial charge is 0.264 e. The van der Waals surface area contributed by atoms with Gasteiger partial charge in [0.05, 0.1) is 11.4 Å².